The molecule has 8 nitrogen and oxygen atoms in total. The van der Waals surface area contributed by atoms with Gasteiger partial charge < -0.3 is 19.5 Å². The van der Waals surface area contributed by atoms with Crippen LogP contribution in [0.4, 0.5) is 4.39 Å². The van der Waals surface area contributed by atoms with Gasteiger partial charge in [-0.15, -0.1) is 11.3 Å². The molecule has 178 valence electrons. The summed E-state index contributed by atoms with van der Waals surface area (Å²) in [4.78, 5) is 47.3. The molecule has 0 unspecified atom stereocenters. The lowest BCUT2D eigenvalue weighted by molar-refractivity contribution is -0.141. The van der Waals surface area contributed by atoms with Gasteiger partial charge in [-0.25, -0.2) is 9.37 Å². The molecule has 0 saturated carbocycles. The highest BCUT2D eigenvalue weighted by molar-refractivity contribution is 7.15. The van der Waals surface area contributed by atoms with Crippen LogP contribution < -0.4 is 5.43 Å². The summed E-state index contributed by atoms with van der Waals surface area (Å²) in [6.07, 6.45) is 3.63. The topological polar surface area (TPSA) is 95.7 Å². The molecule has 1 aliphatic heterocycles. The summed E-state index contributed by atoms with van der Waals surface area (Å²) >= 11 is 1.28. The molecule has 0 saturated heterocycles. The van der Waals surface area contributed by atoms with Crippen LogP contribution in [0.3, 0.4) is 0 Å². The van der Waals surface area contributed by atoms with Crippen molar-refractivity contribution in [2.24, 2.45) is 0 Å². The number of likely N-dealkylation sites (N-methyl/N-ethyl adjacent to an activating group) is 2. The van der Waals surface area contributed by atoms with Crippen LogP contribution in [0.25, 0.3) is 10.6 Å². The summed E-state index contributed by atoms with van der Waals surface area (Å²) in [7, 11) is 3.24. The molecule has 3 heterocycles. The molecule has 2 amide bonds. The first-order valence-electron chi connectivity index (χ1n) is 10.8. The molecular formula is C24H25FN4O4S. The minimum Gasteiger partial charge on any atom is -0.503 e. The van der Waals surface area contributed by atoms with Crippen molar-refractivity contribution in [1.29, 1.82) is 0 Å². The van der Waals surface area contributed by atoms with Gasteiger partial charge >= 0.3 is 0 Å². The van der Waals surface area contributed by atoms with E-state index in [0.717, 1.165) is 10.4 Å². The lowest BCUT2D eigenvalue weighted by Gasteiger charge is -2.45. The number of carbonyl (C=O) groups excluding carboxylic acids is 2. The van der Waals surface area contributed by atoms with Crippen molar-refractivity contribution in [2.75, 3.05) is 20.6 Å². The highest BCUT2D eigenvalue weighted by Gasteiger charge is 2.48. The van der Waals surface area contributed by atoms with Crippen LogP contribution in [-0.2, 0) is 17.8 Å². The maximum Gasteiger partial charge on any atom is 0.275 e. The number of aromatic hydroxyl groups is 1. The van der Waals surface area contributed by atoms with Crippen molar-refractivity contribution < 1.29 is 19.1 Å². The number of thiazole rings is 1. The van der Waals surface area contributed by atoms with Crippen LogP contribution in [0.2, 0.25) is 0 Å². The molecule has 10 heteroatoms. The van der Waals surface area contributed by atoms with Gasteiger partial charge in [0.2, 0.25) is 11.3 Å². The smallest absolute Gasteiger partial charge is 0.275 e. The van der Waals surface area contributed by atoms with E-state index in [1.165, 1.54) is 44.0 Å². The van der Waals surface area contributed by atoms with Crippen LogP contribution in [-0.4, -0.2) is 62.5 Å². The van der Waals surface area contributed by atoms with E-state index in [-0.39, 0.29) is 36.1 Å². The second kappa shape index (κ2) is 8.68. The summed E-state index contributed by atoms with van der Waals surface area (Å²) in [6.45, 7) is 3.74. The Bertz CT molecular complexity index is 1330. The number of hydrogen-bond donors (Lipinski definition) is 1. The number of amides is 2. The van der Waals surface area contributed by atoms with E-state index >= 15 is 0 Å². The van der Waals surface area contributed by atoms with Gasteiger partial charge in [-0.3, -0.25) is 14.4 Å². The Hall–Kier alpha value is -3.53. The second-order valence-electron chi connectivity index (χ2n) is 8.65. The molecule has 2 aromatic heterocycles. The maximum absolute atomic E-state index is 13.2. The van der Waals surface area contributed by atoms with Gasteiger partial charge in [0.05, 0.1) is 12.1 Å². The third-order valence-corrected chi connectivity index (χ3v) is 7.07. The van der Waals surface area contributed by atoms with E-state index < -0.39 is 22.6 Å². The SMILES string of the molecule is CCN1C(=O)c2c(O)c(=O)c(-c3ncc(Cc4ccc(F)cc4)s3)cn2C[C@@]1(C)C(=O)N(C)C. The number of halogens is 1. The zero-order chi connectivity index (χ0) is 24.8. The Balaban J connectivity index is 1.76. The molecule has 0 fully saturated rings. The fraction of sp³-hybridized carbons (Fsp3) is 0.333. The summed E-state index contributed by atoms with van der Waals surface area (Å²) < 4.78 is 14.6. The van der Waals surface area contributed by atoms with E-state index in [0.29, 0.717) is 11.4 Å². The maximum atomic E-state index is 13.2. The Kier molecular flexibility index (Phi) is 6.03. The molecule has 1 N–H and O–H groups in total. The predicted octanol–water partition coefficient (Wildman–Crippen LogP) is 2.73. The average Bonchev–Trinajstić information content (AvgIpc) is 3.25. The quantitative estimate of drug-likeness (QED) is 0.601. The number of rotatable bonds is 5. The predicted molar refractivity (Wildman–Crippen MR) is 126 cm³/mol. The second-order valence-corrected chi connectivity index (χ2v) is 9.77. The number of nitrogens with zero attached hydrogens (tertiary/aromatic N) is 4. The van der Waals surface area contributed by atoms with Crippen LogP contribution in [0.15, 0.2) is 41.5 Å². The van der Waals surface area contributed by atoms with Crippen molar-refractivity contribution in [3.63, 3.8) is 0 Å². The van der Waals surface area contributed by atoms with Crippen LogP contribution >= 0.6 is 11.3 Å². The number of carbonyl (C=O) groups is 2. The third-order valence-electron chi connectivity index (χ3n) is 6.04. The summed E-state index contributed by atoms with van der Waals surface area (Å²) in [5.74, 6) is -1.81. The minimum atomic E-state index is -1.18. The summed E-state index contributed by atoms with van der Waals surface area (Å²) in [5.41, 5.74) is -0.972. The normalized spacial score (nSPS) is 17.6. The van der Waals surface area contributed by atoms with Crippen molar-refractivity contribution >= 4 is 23.2 Å². The summed E-state index contributed by atoms with van der Waals surface area (Å²) in [6, 6.07) is 6.13. The Morgan fingerprint density at radius 2 is 1.94 bits per heavy atom. The van der Waals surface area contributed by atoms with Gasteiger partial charge in [0.1, 0.15) is 16.4 Å². The van der Waals surface area contributed by atoms with Gasteiger partial charge in [-0.1, -0.05) is 12.1 Å². The fourth-order valence-corrected chi connectivity index (χ4v) is 5.35. The summed E-state index contributed by atoms with van der Waals surface area (Å²) in [5, 5.41) is 11.1. The van der Waals surface area contributed by atoms with E-state index in [2.05, 4.69) is 4.98 Å². The van der Waals surface area contributed by atoms with Gasteiger partial charge in [-0.05, 0) is 31.5 Å². The monoisotopic (exact) mass is 484 g/mol. The van der Waals surface area contributed by atoms with E-state index in [4.69, 9.17) is 0 Å². The highest BCUT2D eigenvalue weighted by atomic mass is 32.1. The third kappa shape index (κ3) is 3.87. The number of pyridine rings is 1. The van der Waals surface area contributed by atoms with Crippen LogP contribution in [0.1, 0.15) is 34.8 Å². The molecule has 0 aliphatic carbocycles. The number of benzene rings is 1. The molecule has 3 aromatic rings. The minimum absolute atomic E-state index is 0.0770. The molecule has 34 heavy (non-hydrogen) atoms. The lowest BCUT2D eigenvalue weighted by Crippen LogP contribution is -2.63. The standard InChI is InChI=1S/C24H25FN4O4S/c1-5-29-22(32)18-20(31)19(30)17(12-28(18)13-24(29,2)23(33)27(3)4)21-26-11-16(34-21)10-14-6-8-15(25)9-7-14/h6-9,11-12,31H,5,10,13H2,1-4H3/t24-/m0/s1. The number of aromatic nitrogens is 2. The molecule has 0 bridgehead atoms. The van der Waals surface area contributed by atoms with Crippen molar-refractivity contribution in [3.05, 3.63) is 68.8 Å². The van der Waals surface area contributed by atoms with Crippen LogP contribution in [0.5, 0.6) is 5.75 Å². The first-order chi connectivity index (χ1) is 16.1. The molecule has 0 spiro atoms. The van der Waals surface area contributed by atoms with Gasteiger partial charge in [0.25, 0.3) is 5.91 Å². The molecule has 1 aromatic carbocycles. The van der Waals surface area contributed by atoms with E-state index in [9.17, 15) is 23.9 Å². The number of hydrogen-bond acceptors (Lipinski definition) is 6. The van der Waals surface area contributed by atoms with Crippen molar-refractivity contribution in [3.8, 4) is 16.3 Å². The van der Waals surface area contributed by atoms with E-state index in [1.54, 1.807) is 46.3 Å². The zero-order valence-corrected chi connectivity index (χ0v) is 20.1. The van der Waals surface area contributed by atoms with Gasteiger partial charge in [0.15, 0.2) is 11.4 Å². The van der Waals surface area contributed by atoms with Gasteiger partial charge in [-0.2, -0.15) is 0 Å². The van der Waals surface area contributed by atoms with Gasteiger partial charge in [0, 0.05) is 44.3 Å². The Morgan fingerprint density at radius 3 is 2.56 bits per heavy atom. The largest absolute Gasteiger partial charge is 0.503 e. The Labute approximate surface area is 199 Å². The Morgan fingerprint density at radius 1 is 1.26 bits per heavy atom. The average molecular weight is 485 g/mol. The van der Waals surface area contributed by atoms with Crippen LogP contribution in [0, 0.1) is 5.82 Å². The molecular weight excluding hydrogens is 459 g/mol. The van der Waals surface area contributed by atoms with Crippen molar-refractivity contribution in [1.82, 2.24) is 19.4 Å². The first kappa shape index (κ1) is 23.6. The first-order valence-corrected chi connectivity index (χ1v) is 11.6. The fourth-order valence-electron chi connectivity index (χ4n) is 4.39. The molecule has 1 aliphatic rings. The molecule has 0 radical (unpaired) electrons. The highest BCUT2D eigenvalue weighted by Crippen LogP contribution is 2.33. The zero-order valence-electron chi connectivity index (χ0n) is 19.3. The number of fused-ring (bicyclic) bond motifs is 1. The van der Waals surface area contributed by atoms with E-state index in [1.807, 2.05) is 0 Å². The molecule has 1 atom stereocenters. The van der Waals surface area contributed by atoms with Crippen molar-refractivity contribution in [2.45, 2.75) is 32.4 Å². The lowest BCUT2D eigenvalue weighted by atomic mass is 9.93. The molecule has 4 rings (SSSR count).